The van der Waals surface area contributed by atoms with Gasteiger partial charge in [0.25, 0.3) is 0 Å². The number of likely N-dealkylation sites (tertiary alicyclic amines) is 1. The standard InChI is InChI=1S/C16H26ClN3O2/c1-19-16(15(17)10-18-19)11-20-7-5-13(6-8-20)22-12-14-4-2-3-9-21-14/h10,13-14H,2-9,11-12H2,1H3. The number of nitrogens with zero attached hydrogens (tertiary/aromatic N) is 3. The quantitative estimate of drug-likeness (QED) is 0.833. The van der Waals surface area contributed by atoms with Crippen LogP contribution in [-0.4, -0.2) is 53.2 Å². The molecule has 2 saturated heterocycles. The number of ether oxygens (including phenoxy) is 2. The van der Waals surface area contributed by atoms with Crippen molar-refractivity contribution in [2.45, 2.75) is 50.9 Å². The number of hydrogen-bond donors (Lipinski definition) is 0. The second kappa shape index (κ2) is 7.77. The van der Waals surface area contributed by atoms with Crippen LogP contribution >= 0.6 is 11.6 Å². The molecule has 3 rings (SSSR count). The summed E-state index contributed by atoms with van der Waals surface area (Å²) < 4.78 is 13.7. The molecule has 0 amide bonds. The second-order valence-corrected chi connectivity index (χ2v) is 6.77. The number of halogens is 1. The SMILES string of the molecule is Cn1ncc(Cl)c1CN1CCC(OCC2CCCCO2)CC1. The van der Waals surface area contributed by atoms with Crippen molar-refractivity contribution in [2.75, 3.05) is 26.3 Å². The third-order valence-corrected chi connectivity index (χ3v) is 5.03. The van der Waals surface area contributed by atoms with Gasteiger partial charge in [-0.1, -0.05) is 11.6 Å². The van der Waals surface area contributed by atoms with E-state index in [1.807, 2.05) is 11.7 Å². The van der Waals surface area contributed by atoms with Gasteiger partial charge in [-0.3, -0.25) is 9.58 Å². The van der Waals surface area contributed by atoms with Gasteiger partial charge in [-0.2, -0.15) is 5.10 Å². The monoisotopic (exact) mass is 327 g/mol. The number of piperidine rings is 1. The maximum Gasteiger partial charge on any atom is 0.0831 e. The van der Waals surface area contributed by atoms with Gasteiger partial charge in [-0.25, -0.2) is 0 Å². The van der Waals surface area contributed by atoms with E-state index in [0.29, 0.717) is 12.2 Å². The molecule has 1 aromatic heterocycles. The first kappa shape index (κ1) is 16.2. The summed E-state index contributed by atoms with van der Waals surface area (Å²) in [4.78, 5) is 2.43. The average Bonchev–Trinajstić information content (AvgIpc) is 2.87. The molecule has 0 aromatic carbocycles. The van der Waals surface area contributed by atoms with E-state index >= 15 is 0 Å². The molecule has 124 valence electrons. The highest BCUT2D eigenvalue weighted by Crippen LogP contribution is 2.21. The maximum atomic E-state index is 6.18. The Morgan fingerprint density at radius 3 is 2.77 bits per heavy atom. The lowest BCUT2D eigenvalue weighted by Crippen LogP contribution is -2.38. The van der Waals surface area contributed by atoms with Crippen molar-refractivity contribution in [3.63, 3.8) is 0 Å². The fourth-order valence-corrected chi connectivity index (χ4v) is 3.47. The van der Waals surface area contributed by atoms with Crippen molar-refractivity contribution in [3.8, 4) is 0 Å². The Balaban J connectivity index is 1.39. The average molecular weight is 328 g/mol. The van der Waals surface area contributed by atoms with Gasteiger partial charge >= 0.3 is 0 Å². The van der Waals surface area contributed by atoms with Crippen LogP contribution in [-0.2, 0) is 23.1 Å². The lowest BCUT2D eigenvalue weighted by molar-refractivity contribution is -0.0754. The Morgan fingerprint density at radius 1 is 1.32 bits per heavy atom. The normalized spacial score (nSPS) is 24.7. The van der Waals surface area contributed by atoms with Gasteiger partial charge in [-0.15, -0.1) is 0 Å². The lowest BCUT2D eigenvalue weighted by atomic mass is 10.1. The zero-order valence-corrected chi connectivity index (χ0v) is 14.1. The van der Waals surface area contributed by atoms with E-state index in [0.717, 1.165) is 62.8 Å². The van der Waals surface area contributed by atoms with Crippen LogP contribution < -0.4 is 0 Å². The van der Waals surface area contributed by atoms with Crippen LogP contribution in [0.2, 0.25) is 5.02 Å². The predicted molar refractivity (Wildman–Crippen MR) is 86.1 cm³/mol. The van der Waals surface area contributed by atoms with Crippen LogP contribution in [0, 0.1) is 0 Å². The van der Waals surface area contributed by atoms with Crippen molar-refractivity contribution < 1.29 is 9.47 Å². The molecule has 0 saturated carbocycles. The second-order valence-electron chi connectivity index (χ2n) is 6.36. The first-order valence-corrected chi connectivity index (χ1v) is 8.72. The van der Waals surface area contributed by atoms with Gasteiger partial charge < -0.3 is 9.47 Å². The summed E-state index contributed by atoms with van der Waals surface area (Å²) in [5.41, 5.74) is 1.09. The van der Waals surface area contributed by atoms with E-state index in [1.54, 1.807) is 6.20 Å². The van der Waals surface area contributed by atoms with Gasteiger partial charge in [0.05, 0.1) is 35.7 Å². The summed E-state index contributed by atoms with van der Waals surface area (Å²) in [6.07, 6.45) is 8.21. The van der Waals surface area contributed by atoms with E-state index < -0.39 is 0 Å². The molecular weight excluding hydrogens is 302 g/mol. The summed E-state index contributed by atoms with van der Waals surface area (Å²) >= 11 is 6.18. The highest BCUT2D eigenvalue weighted by Gasteiger charge is 2.23. The van der Waals surface area contributed by atoms with E-state index in [1.165, 1.54) is 12.8 Å². The maximum absolute atomic E-state index is 6.18. The molecule has 1 atom stereocenters. The van der Waals surface area contributed by atoms with Crippen molar-refractivity contribution in [3.05, 3.63) is 16.9 Å². The van der Waals surface area contributed by atoms with E-state index in [4.69, 9.17) is 21.1 Å². The molecule has 0 spiro atoms. The molecule has 0 aliphatic carbocycles. The van der Waals surface area contributed by atoms with E-state index in [-0.39, 0.29) is 0 Å². The Labute approximate surface area is 137 Å². The Hall–Kier alpha value is -0.620. The molecule has 0 radical (unpaired) electrons. The van der Waals surface area contributed by atoms with Gasteiger partial charge in [0, 0.05) is 33.3 Å². The molecule has 22 heavy (non-hydrogen) atoms. The fraction of sp³-hybridized carbons (Fsp3) is 0.812. The predicted octanol–water partition coefficient (Wildman–Crippen LogP) is 2.62. The first-order valence-electron chi connectivity index (χ1n) is 8.34. The largest absolute Gasteiger partial charge is 0.376 e. The lowest BCUT2D eigenvalue weighted by Gasteiger charge is -2.33. The summed E-state index contributed by atoms with van der Waals surface area (Å²) in [6, 6.07) is 0. The van der Waals surface area contributed by atoms with Crippen molar-refractivity contribution in [1.29, 1.82) is 0 Å². The van der Waals surface area contributed by atoms with E-state index in [9.17, 15) is 0 Å². The zero-order valence-electron chi connectivity index (χ0n) is 13.3. The minimum Gasteiger partial charge on any atom is -0.376 e. The van der Waals surface area contributed by atoms with Gasteiger partial charge in [0.15, 0.2) is 0 Å². The van der Waals surface area contributed by atoms with Crippen LogP contribution in [0.5, 0.6) is 0 Å². The molecule has 0 N–H and O–H groups in total. The summed E-state index contributed by atoms with van der Waals surface area (Å²) in [5.74, 6) is 0. The Morgan fingerprint density at radius 2 is 2.14 bits per heavy atom. The summed E-state index contributed by atoms with van der Waals surface area (Å²) in [6.45, 7) is 4.64. The van der Waals surface area contributed by atoms with Crippen LogP contribution in [0.1, 0.15) is 37.8 Å². The highest BCUT2D eigenvalue weighted by molar-refractivity contribution is 6.31. The first-order chi connectivity index (χ1) is 10.7. The molecule has 2 fully saturated rings. The third kappa shape index (κ3) is 4.22. The van der Waals surface area contributed by atoms with Gasteiger partial charge in [-0.05, 0) is 32.1 Å². The van der Waals surface area contributed by atoms with Crippen molar-refractivity contribution in [1.82, 2.24) is 14.7 Å². The topological polar surface area (TPSA) is 39.5 Å². The Bertz CT molecular complexity index is 446. The Kier molecular flexibility index (Phi) is 5.74. The van der Waals surface area contributed by atoms with Crippen LogP contribution in [0.25, 0.3) is 0 Å². The number of aryl methyl sites for hydroxylation is 1. The van der Waals surface area contributed by atoms with Gasteiger partial charge in [0.2, 0.25) is 0 Å². The molecule has 2 aliphatic heterocycles. The molecule has 3 heterocycles. The van der Waals surface area contributed by atoms with Crippen molar-refractivity contribution >= 4 is 11.6 Å². The van der Waals surface area contributed by atoms with E-state index in [2.05, 4.69) is 10.00 Å². The minimum absolute atomic E-state index is 0.319. The summed E-state index contributed by atoms with van der Waals surface area (Å²) in [5, 5.41) is 4.96. The molecule has 1 unspecified atom stereocenters. The number of aromatic nitrogens is 2. The molecule has 2 aliphatic rings. The molecule has 0 bridgehead atoms. The van der Waals surface area contributed by atoms with Crippen LogP contribution in [0.15, 0.2) is 6.20 Å². The highest BCUT2D eigenvalue weighted by atomic mass is 35.5. The zero-order chi connectivity index (χ0) is 15.4. The van der Waals surface area contributed by atoms with Crippen LogP contribution in [0.4, 0.5) is 0 Å². The van der Waals surface area contributed by atoms with Crippen LogP contribution in [0.3, 0.4) is 0 Å². The fourth-order valence-electron chi connectivity index (χ4n) is 3.24. The third-order valence-electron chi connectivity index (χ3n) is 4.71. The smallest absolute Gasteiger partial charge is 0.0831 e. The van der Waals surface area contributed by atoms with Crippen molar-refractivity contribution in [2.24, 2.45) is 7.05 Å². The molecule has 5 nitrogen and oxygen atoms in total. The number of rotatable bonds is 5. The molecule has 6 heteroatoms. The van der Waals surface area contributed by atoms with Gasteiger partial charge in [0.1, 0.15) is 0 Å². The molecular formula is C16H26ClN3O2. The molecule has 1 aromatic rings. The minimum atomic E-state index is 0.319. The number of hydrogen-bond acceptors (Lipinski definition) is 4. The summed E-state index contributed by atoms with van der Waals surface area (Å²) in [7, 11) is 1.95.